The number of rotatable bonds is 1. The summed E-state index contributed by atoms with van der Waals surface area (Å²) in [5.41, 5.74) is 0.422. The molecule has 78 valence electrons. The maximum Gasteiger partial charge on any atom is 0.167 e. The Morgan fingerprint density at radius 1 is 1.33 bits per heavy atom. The zero-order valence-corrected chi connectivity index (χ0v) is 7.91. The van der Waals surface area contributed by atoms with Gasteiger partial charge in [0.1, 0.15) is 5.75 Å². The molecule has 0 saturated heterocycles. The van der Waals surface area contributed by atoms with E-state index in [0.717, 1.165) is 12.1 Å². The van der Waals surface area contributed by atoms with Crippen LogP contribution in [-0.2, 0) is 7.05 Å². The van der Waals surface area contributed by atoms with Gasteiger partial charge in [-0.15, -0.1) is 0 Å². The molecule has 2 rings (SSSR count). The van der Waals surface area contributed by atoms with Gasteiger partial charge in [-0.25, -0.2) is 8.78 Å². The van der Waals surface area contributed by atoms with Gasteiger partial charge in [0, 0.05) is 30.4 Å². The monoisotopic (exact) mass is 210 g/mol. The lowest BCUT2D eigenvalue weighted by atomic mass is 10.1. The molecule has 0 aliphatic carbocycles. The van der Waals surface area contributed by atoms with E-state index in [0.29, 0.717) is 5.56 Å². The van der Waals surface area contributed by atoms with E-state index in [1.165, 1.54) is 17.1 Å². The molecule has 0 aliphatic rings. The Bertz CT molecular complexity index is 508. The van der Waals surface area contributed by atoms with Crippen molar-refractivity contribution in [1.82, 2.24) is 9.78 Å². The van der Waals surface area contributed by atoms with Crippen molar-refractivity contribution in [2.45, 2.75) is 0 Å². The van der Waals surface area contributed by atoms with Crippen LogP contribution in [-0.4, -0.2) is 14.9 Å². The Balaban J connectivity index is 2.62. The Hall–Kier alpha value is -1.91. The third kappa shape index (κ3) is 1.68. The van der Waals surface area contributed by atoms with Crippen molar-refractivity contribution in [2.24, 2.45) is 7.05 Å². The van der Waals surface area contributed by atoms with Gasteiger partial charge in [0.25, 0.3) is 0 Å². The van der Waals surface area contributed by atoms with Gasteiger partial charge in [-0.05, 0) is 6.07 Å². The highest BCUT2D eigenvalue weighted by molar-refractivity contribution is 5.64. The van der Waals surface area contributed by atoms with E-state index < -0.39 is 11.6 Å². The van der Waals surface area contributed by atoms with Crippen molar-refractivity contribution < 1.29 is 13.9 Å². The normalized spacial score (nSPS) is 10.6. The topological polar surface area (TPSA) is 38.0 Å². The third-order valence-corrected chi connectivity index (χ3v) is 2.03. The van der Waals surface area contributed by atoms with E-state index in [-0.39, 0.29) is 11.3 Å². The summed E-state index contributed by atoms with van der Waals surface area (Å²) in [6.45, 7) is 0. The van der Waals surface area contributed by atoms with Crippen LogP contribution in [0.2, 0.25) is 0 Å². The maximum absolute atomic E-state index is 13.4. The molecule has 0 saturated carbocycles. The van der Waals surface area contributed by atoms with E-state index in [2.05, 4.69) is 5.10 Å². The number of hydrogen-bond acceptors (Lipinski definition) is 2. The van der Waals surface area contributed by atoms with Crippen molar-refractivity contribution in [1.29, 1.82) is 0 Å². The van der Waals surface area contributed by atoms with Gasteiger partial charge in [0.2, 0.25) is 0 Å². The summed E-state index contributed by atoms with van der Waals surface area (Å²) in [5.74, 6) is -2.37. The van der Waals surface area contributed by atoms with Gasteiger partial charge in [0.15, 0.2) is 11.6 Å². The first-order chi connectivity index (χ1) is 7.08. The minimum Gasteiger partial charge on any atom is -0.508 e. The fraction of sp³-hybridized carbons (Fsp3) is 0.100. The van der Waals surface area contributed by atoms with Crippen LogP contribution >= 0.6 is 0 Å². The van der Waals surface area contributed by atoms with Gasteiger partial charge in [0.05, 0.1) is 6.20 Å². The van der Waals surface area contributed by atoms with Crippen molar-refractivity contribution in [3.8, 4) is 16.9 Å². The van der Waals surface area contributed by atoms with Crippen LogP contribution in [0.1, 0.15) is 0 Å². The third-order valence-electron chi connectivity index (χ3n) is 2.03. The van der Waals surface area contributed by atoms with Gasteiger partial charge in [-0.2, -0.15) is 5.10 Å². The first-order valence-electron chi connectivity index (χ1n) is 4.25. The van der Waals surface area contributed by atoms with E-state index in [4.69, 9.17) is 5.11 Å². The summed E-state index contributed by atoms with van der Waals surface area (Å²) in [7, 11) is 1.67. The molecular formula is C10H8F2N2O. The molecule has 0 aliphatic heterocycles. The predicted octanol–water partition coefficient (Wildman–Crippen LogP) is 2.07. The first-order valence-corrected chi connectivity index (χ1v) is 4.25. The van der Waals surface area contributed by atoms with E-state index >= 15 is 0 Å². The number of aromatic nitrogens is 2. The highest BCUT2D eigenvalue weighted by atomic mass is 19.2. The van der Waals surface area contributed by atoms with Crippen LogP contribution in [0.25, 0.3) is 11.1 Å². The van der Waals surface area contributed by atoms with Gasteiger partial charge in [-0.3, -0.25) is 4.68 Å². The maximum atomic E-state index is 13.4. The van der Waals surface area contributed by atoms with E-state index in [9.17, 15) is 8.78 Å². The fourth-order valence-corrected chi connectivity index (χ4v) is 1.35. The summed E-state index contributed by atoms with van der Waals surface area (Å²) in [5, 5.41) is 13.0. The molecule has 1 heterocycles. The predicted molar refractivity (Wildman–Crippen MR) is 50.2 cm³/mol. The molecule has 2 aromatic rings. The standard InChI is InChI=1S/C10H8F2N2O/c1-14-5-6(4-13-14)8-2-7(15)3-9(11)10(8)12/h2-5,15H,1H3. The Morgan fingerprint density at radius 3 is 2.67 bits per heavy atom. The van der Waals surface area contributed by atoms with Crippen LogP contribution in [0.4, 0.5) is 8.78 Å². The summed E-state index contributed by atoms with van der Waals surface area (Å²) in [4.78, 5) is 0. The average Bonchev–Trinajstić information content (AvgIpc) is 2.58. The zero-order chi connectivity index (χ0) is 11.0. The molecule has 0 bridgehead atoms. The molecule has 1 aromatic carbocycles. The zero-order valence-electron chi connectivity index (χ0n) is 7.91. The molecule has 5 heteroatoms. The molecule has 0 spiro atoms. The molecule has 0 unspecified atom stereocenters. The average molecular weight is 210 g/mol. The lowest BCUT2D eigenvalue weighted by Gasteiger charge is -2.02. The Labute approximate surface area is 84.6 Å². The van der Waals surface area contributed by atoms with Crippen molar-refractivity contribution in [2.75, 3.05) is 0 Å². The Morgan fingerprint density at radius 2 is 2.07 bits per heavy atom. The molecule has 0 atom stereocenters. The molecule has 0 radical (unpaired) electrons. The minimum absolute atomic E-state index is 0.000556. The molecule has 3 nitrogen and oxygen atoms in total. The molecule has 1 N–H and O–H groups in total. The molecule has 1 aromatic heterocycles. The number of hydrogen-bond donors (Lipinski definition) is 1. The molecule has 15 heavy (non-hydrogen) atoms. The Kier molecular flexibility index (Phi) is 2.15. The number of phenolic OH excluding ortho intramolecular Hbond substituents is 1. The number of halogens is 2. The largest absolute Gasteiger partial charge is 0.508 e. The SMILES string of the molecule is Cn1cc(-c2cc(O)cc(F)c2F)cn1. The number of aromatic hydroxyl groups is 1. The van der Waals surface area contributed by atoms with Crippen LogP contribution in [0.15, 0.2) is 24.5 Å². The highest BCUT2D eigenvalue weighted by Gasteiger charge is 2.13. The van der Waals surface area contributed by atoms with Crippen LogP contribution in [0, 0.1) is 11.6 Å². The minimum atomic E-state index is -1.08. The second kappa shape index (κ2) is 3.34. The lowest BCUT2D eigenvalue weighted by molar-refractivity contribution is 0.456. The fourth-order valence-electron chi connectivity index (χ4n) is 1.35. The first kappa shape index (κ1) is 9.64. The van der Waals surface area contributed by atoms with Gasteiger partial charge in [-0.1, -0.05) is 0 Å². The highest BCUT2D eigenvalue weighted by Crippen LogP contribution is 2.28. The second-order valence-electron chi connectivity index (χ2n) is 3.19. The number of benzene rings is 1. The molecular weight excluding hydrogens is 202 g/mol. The summed E-state index contributed by atoms with van der Waals surface area (Å²) in [6.07, 6.45) is 2.94. The van der Waals surface area contributed by atoms with Crippen LogP contribution in [0.3, 0.4) is 0 Å². The van der Waals surface area contributed by atoms with Gasteiger partial charge < -0.3 is 5.11 Å². The quantitative estimate of drug-likeness (QED) is 0.782. The van der Waals surface area contributed by atoms with Crippen molar-refractivity contribution >= 4 is 0 Å². The van der Waals surface area contributed by atoms with Crippen LogP contribution in [0.5, 0.6) is 5.75 Å². The number of aryl methyl sites for hydroxylation is 1. The second-order valence-corrected chi connectivity index (χ2v) is 3.19. The summed E-state index contributed by atoms with van der Waals surface area (Å²) in [6, 6.07) is 1.89. The van der Waals surface area contributed by atoms with Crippen molar-refractivity contribution in [3.05, 3.63) is 36.2 Å². The smallest absolute Gasteiger partial charge is 0.167 e. The van der Waals surface area contributed by atoms with E-state index in [1.54, 1.807) is 7.05 Å². The van der Waals surface area contributed by atoms with E-state index in [1.807, 2.05) is 0 Å². The lowest BCUT2D eigenvalue weighted by Crippen LogP contribution is -1.89. The van der Waals surface area contributed by atoms with Crippen LogP contribution < -0.4 is 0 Å². The summed E-state index contributed by atoms with van der Waals surface area (Å²) < 4.78 is 27.8. The molecule has 0 fully saturated rings. The summed E-state index contributed by atoms with van der Waals surface area (Å²) >= 11 is 0. The number of phenols is 1. The molecule has 0 amide bonds. The van der Waals surface area contributed by atoms with Crippen molar-refractivity contribution in [3.63, 3.8) is 0 Å². The van der Waals surface area contributed by atoms with Gasteiger partial charge >= 0.3 is 0 Å². The number of nitrogens with zero attached hydrogens (tertiary/aromatic N) is 2.